The van der Waals surface area contributed by atoms with Gasteiger partial charge in [-0.25, -0.2) is 4.98 Å². The molecule has 0 bridgehead atoms. The Labute approximate surface area is 155 Å². The van der Waals surface area contributed by atoms with Crippen molar-refractivity contribution < 1.29 is 23.0 Å². The van der Waals surface area contributed by atoms with Crippen LogP contribution in [-0.4, -0.2) is 22.2 Å². The molecule has 1 heterocycles. The molecule has 1 aliphatic carbocycles. The van der Waals surface area contributed by atoms with Gasteiger partial charge in [-0.2, -0.15) is 13.2 Å². The van der Waals surface area contributed by atoms with Crippen LogP contribution in [0.1, 0.15) is 36.1 Å². The van der Waals surface area contributed by atoms with Gasteiger partial charge in [0.1, 0.15) is 11.4 Å². The summed E-state index contributed by atoms with van der Waals surface area (Å²) in [6.07, 6.45) is -2.20. The van der Waals surface area contributed by atoms with Crippen LogP contribution in [0.4, 0.5) is 13.2 Å². The maximum Gasteiger partial charge on any atom is 0.433 e. The molecule has 1 fully saturated rings. The Balaban J connectivity index is 1.72. The summed E-state index contributed by atoms with van der Waals surface area (Å²) in [4.78, 5) is 3.55. The minimum atomic E-state index is -4.57. The number of aromatic nitrogens is 1. The Bertz CT molecular complexity index is 783. The second-order valence-corrected chi connectivity index (χ2v) is 6.64. The minimum Gasteiger partial charge on any atom is -0.439 e. The SMILES string of the molecule is NCc1cc(Oc2cccc(CN[C@H]3CCC[C@H]3O)c2)nc(C(F)(F)F)c1. The van der Waals surface area contributed by atoms with E-state index in [2.05, 4.69) is 10.3 Å². The van der Waals surface area contributed by atoms with Crippen LogP contribution in [0.2, 0.25) is 0 Å². The maximum absolute atomic E-state index is 13.0. The first kappa shape index (κ1) is 19.6. The molecule has 3 rings (SSSR count). The number of pyridine rings is 1. The number of aliphatic hydroxyl groups excluding tert-OH is 1. The van der Waals surface area contributed by atoms with E-state index < -0.39 is 11.9 Å². The molecule has 0 spiro atoms. The summed E-state index contributed by atoms with van der Waals surface area (Å²) >= 11 is 0. The lowest BCUT2D eigenvalue weighted by atomic mass is 10.1. The van der Waals surface area contributed by atoms with Crippen molar-refractivity contribution in [3.8, 4) is 11.6 Å². The molecular weight excluding hydrogens is 359 g/mol. The Hall–Kier alpha value is -2.16. The molecule has 1 saturated carbocycles. The zero-order chi connectivity index (χ0) is 19.4. The van der Waals surface area contributed by atoms with Gasteiger partial charge >= 0.3 is 6.18 Å². The van der Waals surface area contributed by atoms with Crippen molar-refractivity contribution in [2.45, 2.75) is 50.7 Å². The van der Waals surface area contributed by atoms with Crippen LogP contribution < -0.4 is 15.8 Å². The molecule has 8 heteroatoms. The van der Waals surface area contributed by atoms with Crippen molar-refractivity contribution in [1.82, 2.24) is 10.3 Å². The second-order valence-electron chi connectivity index (χ2n) is 6.64. The van der Waals surface area contributed by atoms with Crippen molar-refractivity contribution in [3.63, 3.8) is 0 Å². The van der Waals surface area contributed by atoms with Gasteiger partial charge in [0.15, 0.2) is 0 Å². The van der Waals surface area contributed by atoms with Gasteiger partial charge in [0.25, 0.3) is 0 Å². The summed E-state index contributed by atoms with van der Waals surface area (Å²) in [5.41, 5.74) is 5.64. The van der Waals surface area contributed by atoms with Crippen molar-refractivity contribution in [3.05, 3.63) is 53.2 Å². The molecule has 0 radical (unpaired) electrons. The largest absolute Gasteiger partial charge is 0.439 e. The summed E-state index contributed by atoms with van der Waals surface area (Å²) in [5.74, 6) is 0.234. The molecule has 0 saturated heterocycles. The zero-order valence-corrected chi connectivity index (χ0v) is 14.7. The molecule has 1 aromatic carbocycles. The van der Waals surface area contributed by atoms with Crippen LogP contribution in [0.15, 0.2) is 36.4 Å². The van der Waals surface area contributed by atoms with Crippen LogP contribution in [0, 0.1) is 0 Å². The van der Waals surface area contributed by atoms with Gasteiger partial charge in [-0.05, 0) is 48.6 Å². The third-order valence-electron chi connectivity index (χ3n) is 4.56. The molecule has 2 atom stereocenters. The molecule has 4 N–H and O–H groups in total. The fourth-order valence-corrected chi connectivity index (χ4v) is 3.14. The van der Waals surface area contributed by atoms with Gasteiger partial charge in [0, 0.05) is 25.2 Å². The van der Waals surface area contributed by atoms with E-state index in [-0.39, 0.29) is 24.6 Å². The average molecular weight is 381 g/mol. The number of benzene rings is 1. The van der Waals surface area contributed by atoms with Crippen molar-refractivity contribution in [2.75, 3.05) is 0 Å². The molecule has 1 aliphatic rings. The average Bonchev–Trinajstić information content (AvgIpc) is 3.04. The second kappa shape index (κ2) is 8.24. The Morgan fingerprint density at radius 3 is 2.67 bits per heavy atom. The summed E-state index contributed by atoms with van der Waals surface area (Å²) < 4.78 is 44.5. The van der Waals surface area contributed by atoms with E-state index in [0.717, 1.165) is 30.9 Å². The van der Waals surface area contributed by atoms with Crippen LogP contribution in [0.25, 0.3) is 0 Å². The number of nitrogens with two attached hydrogens (primary N) is 1. The van der Waals surface area contributed by atoms with E-state index in [0.29, 0.717) is 17.9 Å². The summed E-state index contributed by atoms with van der Waals surface area (Å²) in [5, 5.41) is 13.2. The van der Waals surface area contributed by atoms with E-state index in [1.165, 1.54) is 6.07 Å². The third kappa shape index (κ3) is 5.18. The van der Waals surface area contributed by atoms with Gasteiger partial charge in [0.2, 0.25) is 5.88 Å². The number of rotatable bonds is 6. The van der Waals surface area contributed by atoms with E-state index >= 15 is 0 Å². The quantitative estimate of drug-likeness (QED) is 0.715. The van der Waals surface area contributed by atoms with Gasteiger partial charge in [-0.15, -0.1) is 0 Å². The van der Waals surface area contributed by atoms with Crippen LogP contribution >= 0.6 is 0 Å². The topological polar surface area (TPSA) is 80.4 Å². The van der Waals surface area contributed by atoms with Crippen molar-refractivity contribution in [1.29, 1.82) is 0 Å². The zero-order valence-electron chi connectivity index (χ0n) is 14.7. The number of aliphatic hydroxyl groups is 1. The van der Waals surface area contributed by atoms with E-state index in [1.807, 2.05) is 6.07 Å². The number of alkyl halides is 3. The molecule has 2 aromatic rings. The summed E-state index contributed by atoms with van der Waals surface area (Å²) in [6, 6.07) is 9.40. The minimum absolute atomic E-state index is 0.0460. The molecule has 1 aromatic heterocycles. The molecule has 27 heavy (non-hydrogen) atoms. The number of nitrogens with zero attached hydrogens (tertiary/aromatic N) is 1. The lowest BCUT2D eigenvalue weighted by Crippen LogP contribution is -2.34. The smallest absolute Gasteiger partial charge is 0.433 e. The maximum atomic E-state index is 13.0. The Morgan fingerprint density at radius 1 is 1.19 bits per heavy atom. The predicted octanol–water partition coefficient (Wildman–Crippen LogP) is 3.35. The highest BCUT2D eigenvalue weighted by Gasteiger charge is 2.33. The summed E-state index contributed by atoms with van der Waals surface area (Å²) in [6.45, 7) is 0.485. The number of hydrogen-bond donors (Lipinski definition) is 3. The molecule has 0 aliphatic heterocycles. The van der Waals surface area contributed by atoms with Crippen molar-refractivity contribution in [2.24, 2.45) is 5.73 Å². The van der Waals surface area contributed by atoms with Crippen LogP contribution in [-0.2, 0) is 19.3 Å². The molecule has 0 amide bonds. The van der Waals surface area contributed by atoms with E-state index in [1.54, 1.807) is 18.2 Å². The monoisotopic (exact) mass is 381 g/mol. The molecule has 5 nitrogen and oxygen atoms in total. The highest BCUT2D eigenvalue weighted by Crippen LogP contribution is 2.31. The fourth-order valence-electron chi connectivity index (χ4n) is 3.14. The number of nitrogens with one attached hydrogen (secondary N) is 1. The highest BCUT2D eigenvalue weighted by atomic mass is 19.4. The van der Waals surface area contributed by atoms with E-state index in [4.69, 9.17) is 10.5 Å². The fraction of sp³-hybridized carbons (Fsp3) is 0.421. The standard InChI is InChI=1S/C19H22F3N3O2/c20-19(21,22)17-8-13(10-23)9-18(25-17)27-14-4-1-3-12(7-14)11-24-15-5-2-6-16(15)26/h1,3-4,7-9,15-16,24,26H,2,5-6,10-11,23H2/t15-,16+/m0/s1. The summed E-state index contributed by atoms with van der Waals surface area (Å²) in [7, 11) is 0. The Morgan fingerprint density at radius 2 is 2.00 bits per heavy atom. The number of halogens is 3. The first-order valence-electron chi connectivity index (χ1n) is 8.81. The number of ether oxygens (including phenoxy) is 1. The third-order valence-corrected chi connectivity index (χ3v) is 4.56. The first-order chi connectivity index (χ1) is 12.8. The lowest BCUT2D eigenvalue weighted by molar-refractivity contribution is -0.141. The molecule has 0 unspecified atom stereocenters. The predicted molar refractivity (Wildman–Crippen MR) is 94.1 cm³/mol. The van der Waals surface area contributed by atoms with Gasteiger partial charge < -0.3 is 20.9 Å². The molecule has 146 valence electrons. The van der Waals surface area contributed by atoms with Crippen LogP contribution in [0.3, 0.4) is 0 Å². The normalized spacial score (nSPS) is 20.0. The first-order valence-corrected chi connectivity index (χ1v) is 8.81. The van der Waals surface area contributed by atoms with Gasteiger partial charge in [-0.3, -0.25) is 0 Å². The number of hydrogen-bond acceptors (Lipinski definition) is 5. The lowest BCUT2D eigenvalue weighted by Gasteiger charge is -2.16. The van der Waals surface area contributed by atoms with Gasteiger partial charge in [-0.1, -0.05) is 12.1 Å². The molecular formula is C19H22F3N3O2. The van der Waals surface area contributed by atoms with Crippen molar-refractivity contribution >= 4 is 0 Å². The Kier molecular flexibility index (Phi) is 5.98. The highest BCUT2D eigenvalue weighted by molar-refractivity contribution is 5.34. The van der Waals surface area contributed by atoms with Crippen LogP contribution in [0.5, 0.6) is 11.6 Å². The van der Waals surface area contributed by atoms with E-state index in [9.17, 15) is 18.3 Å². The van der Waals surface area contributed by atoms with Gasteiger partial charge in [0.05, 0.1) is 6.10 Å².